The fourth-order valence-corrected chi connectivity index (χ4v) is 4.27. The van der Waals surface area contributed by atoms with Gasteiger partial charge in [-0.05, 0) is 54.5 Å². The van der Waals surface area contributed by atoms with E-state index in [-0.39, 0.29) is 5.91 Å². The molecule has 0 aliphatic rings. The number of rotatable bonds is 10. The highest BCUT2D eigenvalue weighted by Gasteiger charge is 2.17. The SMILES string of the molecule is CC#CC(=O)NCc1ccc(Oc2cc(OC)c3c(NSc4cc(CC)ccc4OC)noc3c2)nc1. The lowest BCUT2D eigenvalue weighted by Crippen LogP contribution is -2.20. The van der Waals surface area contributed by atoms with Crippen molar-refractivity contribution < 1.29 is 23.5 Å². The van der Waals surface area contributed by atoms with Gasteiger partial charge in [-0.25, -0.2) is 4.98 Å². The lowest BCUT2D eigenvalue weighted by molar-refractivity contribution is -0.115. The summed E-state index contributed by atoms with van der Waals surface area (Å²) in [5.41, 5.74) is 2.51. The monoisotopic (exact) mass is 518 g/mol. The highest BCUT2D eigenvalue weighted by atomic mass is 32.2. The van der Waals surface area contributed by atoms with Crippen molar-refractivity contribution in [1.29, 1.82) is 0 Å². The summed E-state index contributed by atoms with van der Waals surface area (Å²) in [6.45, 7) is 4.03. The molecule has 2 aromatic heterocycles. The molecule has 190 valence electrons. The van der Waals surface area contributed by atoms with Gasteiger partial charge in [-0.3, -0.25) is 4.79 Å². The van der Waals surface area contributed by atoms with E-state index in [9.17, 15) is 4.79 Å². The molecule has 0 aliphatic heterocycles. The number of carbonyl (C=O) groups excluding carboxylic acids is 1. The molecule has 0 saturated heterocycles. The molecule has 10 heteroatoms. The molecule has 0 aliphatic carbocycles. The van der Waals surface area contributed by atoms with Gasteiger partial charge < -0.3 is 28.8 Å². The van der Waals surface area contributed by atoms with E-state index < -0.39 is 0 Å². The molecular formula is C27H26N4O5S. The van der Waals surface area contributed by atoms with Crippen molar-refractivity contribution in [2.24, 2.45) is 0 Å². The van der Waals surface area contributed by atoms with Crippen LogP contribution in [0, 0.1) is 11.8 Å². The third-order valence-electron chi connectivity index (χ3n) is 5.34. The molecule has 0 fully saturated rings. The lowest BCUT2D eigenvalue weighted by Gasteiger charge is -2.11. The van der Waals surface area contributed by atoms with Crippen LogP contribution >= 0.6 is 11.9 Å². The molecule has 9 nitrogen and oxygen atoms in total. The summed E-state index contributed by atoms with van der Waals surface area (Å²) in [4.78, 5) is 16.7. The Morgan fingerprint density at radius 3 is 2.59 bits per heavy atom. The summed E-state index contributed by atoms with van der Waals surface area (Å²) in [5, 5.41) is 7.56. The van der Waals surface area contributed by atoms with Gasteiger partial charge in [0.2, 0.25) is 5.88 Å². The van der Waals surface area contributed by atoms with Crippen LogP contribution < -0.4 is 24.2 Å². The van der Waals surface area contributed by atoms with Gasteiger partial charge in [0, 0.05) is 30.9 Å². The van der Waals surface area contributed by atoms with E-state index in [1.54, 1.807) is 45.5 Å². The topological polar surface area (TPSA) is 108 Å². The van der Waals surface area contributed by atoms with Gasteiger partial charge in [0.1, 0.15) is 22.6 Å². The average Bonchev–Trinajstić information content (AvgIpc) is 3.34. The summed E-state index contributed by atoms with van der Waals surface area (Å²) in [6.07, 6.45) is 2.55. The summed E-state index contributed by atoms with van der Waals surface area (Å²) >= 11 is 1.38. The van der Waals surface area contributed by atoms with E-state index in [1.165, 1.54) is 17.5 Å². The van der Waals surface area contributed by atoms with Crippen molar-refractivity contribution in [2.45, 2.75) is 31.7 Å². The normalized spacial score (nSPS) is 10.4. The first kappa shape index (κ1) is 25.7. The molecule has 2 N–H and O–H groups in total. The fourth-order valence-electron chi connectivity index (χ4n) is 3.46. The molecule has 1 amide bonds. The molecule has 0 spiro atoms. The first-order valence-electron chi connectivity index (χ1n) is 11.4. The summed E-state index contributed by atoms with van der Waals surface area (Å²) in [5.74, 6) is 7.31. The Kier molecular flexibility index (Phi) is 8.38. The van der Waals surface area contributed by atoms with Crippen LogP contribution in [0.1, 0.15) is 25.0 Å². The van der Waals surface area contributed by atoms with Crippen LogP contribution in [0.15, 0.2) is 58.1 Å². The zero-order chi connectivity index (χ0) is 26.2. The van der Waals surface area contributed by atoms with Crippen LogP contribution in [0.2, 0.25) is 0 Å². The predicted molar refractivity (Wildman–Crippen MR) is 142 cm³/mol. The fraction of sp³-hybridized carbons (Fsp3) is 0.222. The maximum atomic E-state index is 11.5. The predicted octanol–water partition coefficient (Wildman–Crippen LogP) is 5.35. The van der Waals surface area contributed by atoms with Gasteiger partial charge in [0.05, 0.1) is 19.1 Å². The number of hydrogen-bond acceptors (Lipinski definition) is 9. The maximum Gasteiger partial charge on any atom is 0.296 e. The van der Waals surface area contributed by atoms with Crippen molar-refractivity contribution in [1.82, 2.24) is 15.5 Å². The van der Waals surface area contributed by atoms with Crippen LogP contribution in [0.5, 0.6) is 23.1 Å². The van der Waals surface area contributed by atoms with Crippen LogP contribution in [0.25, 0.3) is 11.0 Å². The van der Waals surface area contributed by atoms with Crippen molar-refractivity contribution in [3.63, 3.8) is 0 Å². The van der Waals surface area contributed by atoms with Gasteiger partial charge >= 0.3 is 0 Å². The van der Waals surface area contributed by atoms with E-state index in [1.807, 2.05) is 18.2 Å². The van der Waals surface area contributed by atoms with Crippen molar-refractivity contribution in [2.75, 3.05) is 18.9 Å². The third-order valence-corrected chi connectivity index (χ3v) is 6.17. The smallest absolute Gasteiger partial charge is 0.296 e. The van der Waals surface area contributed by atoms with E-state index in [0.29, 0.717) is 40.7 Å². The molecule has 0 unspecified atom stereocenters. The standard InChI is InChI=1S/C27H26N4O5S/c1-5-7-24(32)28-15-18-9-11-25(29-16-18)35-19-13-21(34-4)26-22(14-19)36-30-27(26)31-37-23-12-17(6-2)8-10-20(23)33-3/h8-14,16H,6,15H2,1-4H3,(H,28,32)(H,30,31). The maximum absolute atomic E-state index is 11.5. The Morgan fingerprint density at radius 1 is 1.08 bits per heavy atom. The number of aryl methyl sites for hydroxylation is 1. The number of benzene rings is 2. The number of hydrogen-bond donors (Lipinski definition) is 2. The van der Waals surface area contributed by atoms with Crippen molar-refractivity contribution in [3.05, 3.63) is 59.8 Å². The molecule has 0 atom stereocenters. The van der Waals surface area contributed by atoms with Crippen LogP contribution in [0.3, 0.4) is 0 Å². The molecule has 2 aromatic carbocycles. The van der Waals surface area contributed by atoms with Gasteiger partial charge in [0.15, 0.2) is 11.4 Å². The molecule has 0 radical (unpaired) electrons. The Balaban J connectivity index is 1.49. The zero-order valence-corrected chi connectivity index (χ0v) is 21.7. The highest BCUT2D eigenvalue weighted by Crippen LogP contribution is 2.39. The Labute approximate surface area is 219 Å². The van der Waals surface area contributed by atoms with Gasteiger partial charge in [-0.1, -0.05) is 30.1 Å². The van der Waals surface area contributed by atoms with E-state index in [0.717, 1.165) is 22.6 Å². The van der Waals surface area contributed by atoms with E-state index >= 15 is 0 Å². The summed E-state index contributed by atoms with van der Waals surface area (Å²) < 4.78 is 25.8. The molecule has 37 heavy (non-hydrogen) atoms. The minimum atomic E-state index is -0.337. The number of anilines is 1. The van der Waals surface area contributed by atoms with Crippen molar-refractivity contribution in [3.8, 4) is 35.0 Å². The number of nitrogens with one attached hydrogen (secondary N) is 2. The highest BCUT2D eigenvalue weighted by molar-refractivity contribution is 8.00. The number of pyridine rings is 1. The molecule has 2 heterocycles. The third kappa shape index (κ3) is 6.26. The minimum absolute atomic E-state index is 0.320. The van der Waals surface area contributed by atoms with E-state index in [4.69, 9.17) is 18.7 Å². The summed E-state index contributed by atoms with van der Waals surface area (Å²) in [7, 11) is 3.21. The largest absolute Gasteiger partial charge is 0.496 e. The second kappa shape index (κ2) is 12.1. The van der Waals surface area contributed by atoms with E-state index in [2.05, 4.69) is 45.0 Å². The second-order valence-electron chi connectivity index (χ2n) is 7.74. The first-order valence-corrected chi connectivity index (χ1v) is 12.3. The molecule has 4 aromatic rings. The van der Waals surface area contributed by atoms with Crippen molar-refractivity contribution >= 4 is 34.6 Å². The minimum Gasteiger partial charge on any atom is -0.496 e. The molecule has 4 rings (SSSR count). The number of aromatic nitrogens is 2. The Hall–Kier alpha value is -4.36. The van der Waals surface area contributed by atoms with Gasteiger partial charge in [0.25, 0.3) is 5.91 Å². The van der Waals surface area contributed by atoms with Crippen LogP contribution in [-0.2, 0) is 17.8 Å². The zero-order valence-electron chi connectivity index (χ0n) is 20.9. The summed E-state index contributed by atoms with van der Waals surface area (Å²) in [6, 6.07) is 13.1. The number of carbonyl (C=O) groups is 1. The molecular weight excluding hydrogens is 492 g/mol. The number of amides is 1. The average molecular weight is 519 g/mol. The van der Waals surface area contributed by atoms with Crippen LogP contribution in [0.4, 0.5) is 5.82 Å². The van der Waals surface area contributed by atoms with Gasteiger partial charge in [-0.15, -0.1) is 0 Å². The number of nitrogens with zero attached hydrogens (tertiary/aromatic N) is 2. The Morgan fingerprint density at radius 2 is 1.89 bits per heavy atom. The Bertz CT molecular complexity index is 1460. The lowest BCUT2D eigenvalue weighted by atomic mass is 10.2. The quantitative estimate of drug-likeness (QED) is 0.212. The van der Waals surface area contributed by atoms with Crippen LogP contribution in [-0.4, -0.2) is 30.3 Å². The first-order chi connectivity index (χ1) is 18.0. The molecule has 0 bridgehead atoms. The second-order valence-corrected chi connectivity index (χ2v) is 8.59. The number of fused-ring (bicyclic) bond motifs is 1. The number of methoxy groups -OCH3 is 2. The number of ether oxygens (including phenoxy) is 3. The molecule has 0 saturated carbocycles. The van der Waals surface area contributed by atoms with Gasteiger partial charge in [-0.2, -0.15) is 0 Å².